The van der Waals surface area contributed by atoms with Crippen molar-refractivity contribution in [3.8, 4) is 28.7 Å². The number of halogens is 3. The zero-order chi connectivity index (χ0) is 37.7. The second-order valence-electron chi connectivity index (χ2n) is 13.6. The number of piperidine rings is 1. The number of carbonyl (C=O) groups excluding carboxylic acids is 1. The molecule has 2 saturated heterocycles. The molecular formula is C41H43F3N4O6. The van der Waals surface area contributed by atoms with Gasteiger partial charge in [0, 0.05) is 55.9 Å². The molecule has 0 atom stereocenters. The molecule has 54 heavy (non-hydrogen) atoms. The fourth-order valence-electron chi connectivity index (χ4n) is 6.81. The Bertz CT molecular complexity index is 2100. The van der Waals surface area contributed by atoms with E-state index in [-0.39, 0.29) is 17.5 Å². The number of alkyl halides is 3. The van der Waals surface area contributed by atoms with Crippen LogP contribution in [0.5, 0.6) is 28.7 Å². The second kappa shape index (κ2) is 16.5. The van der Waals surface area contributed by atoms with E-state index in [1.54, 1.807) is 49.7 Å². The molecule has 4 aromatic carbocycles. The van der Waals surface area contributed by atoms with Gasteiger partial charge in [-0.05, 0) is 91.7 Å². The van der Waals surface area contributed by atoms with Gasteiger partial charge in [-0.3, -0.25) is 14.7 Å². The minimum Gasteiger partial charge on any atom is -0.493 e. The van der Waals surface area contributed by atoms with Gasteiger partial charge in [-0.2, -0.15) is 13.2 Å². The number of anilines is 1. The molecule has 0 aliphatic carbocycles. The zero-order valence-corrected chi connectivity index (χ0v) is 30.3. The maximum Gasteiger partial charge on any atom is 0.416 e. The predicted molar refractivity (Wildman–Crippen MR) is 200 cm³/mol. The van der Waals surface area contributed by atoms with E-state index in [9.17, 15) is 18.0 Å². The molecule has 13 heteroatoms. The lowest BCUT2D eigenvalue weighted by Crippen LogP contribution is -2.37. The molecule has 0 radical (unpaired) electrons. The Balaban J connectivity index is 1.08. The highest BCUT2D eigenvalue weighted by molar-refractivity contribution is 6.13. The van der Waals surface area contributed by atoms with Crippen molar-refractivity contribution in [3.63, 3.8) is 0 Å². The summed E-state index contributed by atoms with van der Waals surface area (Å²) < 4.78 is 70.9. The van der Waals surface area contributed by atoms with Crippen LogP contribution < -0.4 is 24.3 Å². The average molecular weight is 745 g/mol. The van der Waals surface area contributed by atoms with Crippen LogP contribution in [0.1, 0.15) is 35.2 Å². The van der Waals surface area contributed by atoms with Crippen LogP contribution in [0.25, 0.3) is 21.7 Å². The summed E-state index contributed by atoms with van der Waals surface area (Å²) in [5, 5.41) is 4.74. The van der Waals surface area contributed by atoms with Gasteiger partial charge >= 0.3 is 6.18 Å². The molecule has 1 N–H and O–H groups in total. The van der Waals surface area contributed by atoms with Gasteiger partial charge in [0.05, 0.1) is 43.7 Å². The molecule has 1 amide bonds. The third-order valence-electron chi connectivity index (χ3n) is 9.81. The first-order valence-corrected chi connectivity index (χ1v) is 18.1. The Morgan fingerprint density at radius 1 is 0.907 bits per heavy atom. The maximum absolute atomic E-state index is 13.7. The van der Waals surface area contributed by atoms with E-state index in [1.807, 2.05) is 25.2 Å². The molecule has 2 aliphatic rings. The third-order valence-corrected chi connectivity index (χ3v) is 9.81. The van der Waals surface area contributed by atoms with E-state index in [0.29, 0.717) is 51.5 Å². The Morgan fingerprint density at radius 3 is 2.50 bits per heavy atom. The minimum absolute atomic E-state index is 0.0350. The number of benzene rings is 4. The van der Waals surface area contributed by atoms with E-state index < -0.39 is 17.6 Å². The molecule has 3 heterocycles. The number of methoxy groups -OCH3 is 1. The number of hydrogen-bond donors (Lipinski definition) is 1. The number of amides is 1. The van der Waals surface area contributed by atoms with Crippen molar-refractivity contribution in [3.05, 3.63) is 90.1 Å². The van der Waals surface area contributed by atoms with Gasteiger partial charge < -0.3 is 33.9 Å². The third kappa shape index (κ3) is 8.81. The van der Waals surface area contributed by atoms with Crippen LogP contribution in [0.3, 0.4) is 0 Å². The molecule has 0 unspecified atom stereocenters. The van der Waals surface area contributed by atoms with Gasteiger partial charge in [0.15, 0.2) is 11.5 Å². The Kier molecular flexibility index (Phi) is 11.4. The summed E-state index contributed by atoms with van der Waals surface area (Å²) in [5.74, 6) is 1.85. The van der Waals surface area contributed by atoms with Crippen LogP contribution in [0.2, 0.25) is 0 Å². The van der Waals surface area contributed by atoms with Crippen LogP contribution in [0, 0.1) is 0 Å². The fourth-order valence-corrected chi connectivity index (χ4v) is 6.81. The SMILES string of the molecule is COc1cc2c(Oc3ccc4c(C(=O)Nc5cc(C(F)(F)F)ccc5OC5CCN(C)CC5)cccc4c3)ccnc2cc1OCCCN1CCOCC1. The highest BCUT2D eigenvalue weighted by Crippen LogP contribution is 2.39. The molecule has 5 aromatic rings. The first kappa shape index (κ1) is 37.2. The van der Waals surface area contributed by atoms with Gasteiger partial charge in [0.2, 0.25) is 0 Å². The Hall–Kier alpha value is -5.11. The van der Waals surface area contributed by atoms with Crippen molar-refractivity contribution < 1.29 is 41.7 Å². The van der Waals surface area contributed by atoms with Crippen molar-refractivity contribution in [2.24, 2.45) is 0 Å². The Morgan fingerprint density at radius 2 is 1.72 bits per heavy atom. The molecule has 1 aromatic heterocycles. The van der Waals surface area contributed by atoms with Crippen molar-refractivity contribution in [1.29, 1.82) is 0 Å². The molecule has 2 aliphatic heterocycles. The molecule has 0 spiro atoms. The number of likely N-dealkylation sites (tertiary alicyclic amines) is 1. The summed E-state index contributed by atoms with van der Waals surface area (Å²) in [6.07, 6.45) is -0.780. The largest absolute Gasteiger partial charge is 0.493 e. The summed E-state index contributed by atoms with van der Waals surface area (Å²) >= 11 is 0. The van der Waals surface area contributed by atoms with E-state index in [0.717, 1.165) is 82.7 Å². The number of aromatic nitrogens is 1. The number of ether oxygens (including phenoxy) is 5. The summed E-state index contributed by atoms with van der Waals surface area (Å²) in [6, 6.07) is 19.1. The fraction of sp³-hybridized carbons (Fsp3) is 0.366. The van der Waals surface area contributed by atoms with Crippen LogP contribution in [-0.4, -0.2) is 93.5 Å². The van der Waals surface area contributed by atoms with Crippen LogP contribution >= 0.6 is 0 Å². The van der Waals surface area contributed by atoms with Crippen molar-refractivity contribution in [2.75, 3.05) is 72.0 Å². The van der Waals surface area contributed by atoms with Crippen LogP contribution in [0.15, 0.2) is 79.0 Å². The molecule has 10 nitrogen and oxygen atoms in total. The normalized spacial score (nSPS) is 16.0. The lowest BCUT2D eigenvalue weighted by molar-refractivity contribution is -0.137. The molecule has 0 saturated carbocycles. The summed E-state index contributed by atoms with van der Waals surface area (Å²) in [5.41, 5.74) is 0.0493. The first-order valence-electron chi connectivity index (χ1n) is 18.1. The number of pyridine rings is 1. The number of fused-ring (bicyclic) bond motifs is 2. The molecule has 7 rings (SSSR count). The molecule has 284 valence electrons. The topological polar surface area (TPSA) is 94.6 Å². The molecular weight excluding hydrogens is 701 g/mol. The standard InChI is InChI=1S/C41H43F3N4O6/c1-47-16-12-29(13-17-47)53-37-10-7-28(41(42,43)44)24-35(37)46-40(49)32-6-3-5-27-23-30(8-9-31(27)32)54-36-11-14-45-34-26-39(38(50-2)25-33(34)36)52-20-4-15-48-18-21-51-22-19-48/h3,5-11,14,23-26,29H,4,12-13,15-22H2,1-2H3,(H,46,49). The first-order chi connectivity index (χ1) is 26.1. The smallest absolute Gasteiger partial charge is 0.416 e. The van der Waals surface area contributed by atoms with Crippen molar-refractivity contribution in [2.45, 2.75) is 31.5 Å². The molecule has 0 bridgehead atoms. The van der Waals surface area contributed by atoms with Crippen molar-refractivity contribution in [1.82, 2.24) is 14.8 Å². The van der Waals surface area contributed by atoms with Gasteiger partial charge in [-0.1, -0.05) is 12.1 Å². The highest BCUT2D eigenvalue weighted by Gasteiger charge is 2.32. The van der Waals surface area contributed by atoms with Crippen molar-refractivity contribution >= 4 is 33.3 Å². The predicted octanol–water partition coefficient (Wildman–Crippen LogP) is 8.03. The van der Waals surface area contributed by atoms with E-state index in [4.69, 9.17) is 23.7 Å². The summed E-state index contributed by atoms with van der Waals surface area (Å²) in [7, 11) is 3.60. The number of nitrogens with zero attached hydrogens (tertiary/aromatic N) is 3. The lowest BCUT2D eigenvalue weighted by Gasteiger charge is -2.30. The summed E-state index contributed by atoms with van der Waals surface area (Å²) in [4.78, 5) is 22.8. The molecule has 2 fully saturated rings. The Labute approximate surface area is 311 Å². The number of nitrogens with one attached hydrogen (secondary N) is 1. The van der Waals surface area contributed by atoms with E-state index in [2.05, 4.69) is 20.1 Å². The van der Waals surface area contributed by atoms with E-state index >= 15 is 0 Å². The van der Waals surface area contributed by atoms with Gasteiger partial charge in [0.1, 0.15) is 23.4 Å². The highest BCUT2D eigenvalue weighted by atomic mass is 19.4. The maximum atomic E-state index is 13.7. The zero-order valence-electron chi connectivity index (χ0n) is 30.3. The lowest BCUT2D eigenvalue weighted by atomic mass is 10.0. The van der Waals surface area contributed by atoms with Crippen LogP contribution in [-0.2, 0) is 10.9 Å². The van der Waals surface area contributed by atoms with E-state index in [1.165, 1.54) is 6.07 Å². The van der Waals surface area contributed by atoms with Gasteiger partial charge in [-0.15, -0.1) is 0 Å². The average Bonchev–Trinajstić information content (AvgIpc) is 3.17. The second-order valence-corrected chi connectivity index (χ2v) is 13.6. The number of rotatable bonds is 12. The number of morpholine rings is 1. The van der Waals surface area contributed by atoms with Gasteiger partial charge in [-0.25, -0.2) is 0 Å². The number of carbonyl (C=O) groups is 1. The quantitative estimate of drug-likeness (QED) is 0.128. The monoisotopic (exact) mass is 744 g/mol. The number of hydrogen-bond acceptors (Lipinski definition) is 9. The van der Waals surface area contributed by atoms with Gasteiger partial charge in [0.25, 0.3) is 5.91 Å². The van der Waals surface area contributed by atoms with Crippen LogP contribution in [0.4, 0.5) is 18.9 Å². The minimum atomic E-state index is -4.59. The summed E-state index contributed by atoms with van der Waals surface area (Å²) in [6.45, 7) is 6.46.